The van der Waals surface area contributed by atoms with Crippen molar-refractivity contribution in [1.82, 2.24) is 0 Å². The van der Waals surface area contributed by atoms with Crippen LogP contribution in [0, 0.1) is 0 Å². The molecule has 1 unspecified atom stereocenters. The molecule has 1 saturated carbocycles. The number of rotatable bonds is 3. The maximum atomic E-state index is 2.57. The topological polar surface area (TPSA) is 0 Å². The summed E-state index contributed by atoms with van der Waals surface area (Å²) >= 11 is -1.36. The molecule has 89 valence electrons. The Morgan fingerprint density at radius 3 is 2.47 bits per heavy atom. The Kier molecular flexibility index (Phi) is 3.15. The van der Waals surface area contributed by atoms with Crippen LogP contribution >= 0.6 is 0 Å². The van der Waals surface area contributed by atoms with Crippen LogP contribution in [0.15, 0.2) is 23.8 Å². The second kappa shape index (κ2) is 4.50. The quantitative estimate of drug-likeness (QED) is 0.627. The molecule has 1 heteroatoms. The standard InChI is InChI=1S/C14H15.2CH3.Hf/c1-2-10-8-12-4-3-5-13(11-6-7-11)14(12)9-10;;;/h3-5,8-9,11H,2,6-7H2,1H3;2*1H3;. The van der Waals surface area contributed by atoms with E-state index in [1.807, 2.05) is 0 Å². The van der Waals surface area contributed by atoms with Gasteiger partial charge in [-0.3, -0.25) is 0 Å². The van der Waals surface area contributed by atoms with E-state index in [2.05, 4.69) is 40.6 Å². The molecule has 0 radical (unpaired) electrons. The summed E-state index contributed by atoms with van der Waals surface area (Å²) in [5.74, 6) is 0.890. The van der Waals surface area contributed by atoms with Crippen molar-refractivity contribution >= 4 is 6.08 Å². The molecule has 1 aromatic carbocycles. The zero-order chi connectivity index (χ0) is 12.0. The number of benzene rings is 1. The van der Waals surface area contributed by atoms with Crippen molar-refractivity contribution in [2.45, 2.75) is 45.1 Å². The van der Waals surface area contributed by atoms with Crippen LogP contribution in [-0.2, 0) is 21.4 Å². The number of allylic oxidation sites excluding steroid dienone is 1. The van der Waals surface area contributed by atoms with E-state index in [1.54, 1.807) is 22.3 Å². The average Bonchev–Trinajstić information content (AvgIpc) is 3.07. The number of hydrogen-bond acceptors (Lipinski definition) is 0. The van der Waals surface area contributed by atoms with Gasteiger partial charge in [0.25, 0.3) is 0 Å². The first-order valence-electron chi connectivity index (χ1n) is 6.85. The van der Waals surface area contributed by atoms with Crippen molar-refractivity contribution in [3.05, 3.63) is 40.5 Å². The Bertz CT molecular complexity index is 466. The van der Waals surface area contributed by atoms with E-state index in [1.165, 1.54) is 19.3 Å². The molecule has 0 aliphatic heterocycles. The van der Waals surface area contributed by atoms with Crippen LogP contribution in [-0.4, -0.2) is 0 Å². The van der Waals surface area contributed by atoms with Crippen molar-refractivity contribution in [3.8, 4) is 0 Å². The summed E-state index contributed by atoms with van der Waals surface area (Å²) in [6.45, 7) is 2.33. The average molecular weight is 392 g/mol. The van der Waals surface area contributed by atoms with Crippen molar-refractivity contribution in [2.24, 2.45) is 0 Å². The van der Waals surface area contributed by atoms with Gasteiger partial charge < -0.3 is 0 Å². The van der Waals surface area contributed by atoms with Gasteiger partial charge in [-0.1, -0.05) is 0 Å². The van der Waals surface area contributed by atoms with E-state index in [-0.39, 0.29) is 0 Å². The van der Waals surface area contributed by atoms with Crippen LogP contribution in [0.25, 0.3) is 6.08 Å². The Morgan fingerprint density at radius 2 is 1.88 bits per heavy atom. The molecule has 0 bridgehead atoms. The molecule has 0 aromatic heterocycles. The van der Waals surface area contributed by atoms with Crippen molar-refractivity contribution in [1.29, 1.82) is 0 Å². The molecule has 2 aliphatic rings. The summed E-state index contributed by atoms with van der Waals surface area (Å²) in [6, 6.07) is 7.09. The molecule has 1 fully saturated rings. The van der Waals surface area contributed by atoms with Gasteiger partial charge in [0.1, 0.15) is 0 Å². The van der Waals surface area contributed by atoms with Gasteiger partial charge in [-0.25, -0.2) is 0 Å². The van der Waals surface area contributed by atoms with Crippen LogP contribution in [0.5, 0.6) is 0 Å². The van der Waals surface area contributed by atoms with Gasteiger partial charge in [-0.2, -0.15) is 0 Å². The zero-order valence-electron chi connectivity index (χ0n) is 11.1. The van der Waals surface area contributed by atoms with Gasteiger partial charge in [-0.15, -0.1) is 0 Å². The Labute approximate surface area is 113 Å². The predicted molar refractivity (Wildman–Crippen MR) is 71.2 cm³/mol. The summed E-state index contributed by atoms with van der Waals surface area (Å²) in [4.78, 5) is 0. The first-order valence-corrected chi connectivity index (χ1v) is 16.1. The van der Waals surface area contributed by atoms with Crippen LogP contribution in [0.4, 0.5) is 0 Å². The minimum atomic E-state index is -1.36. The Balaban J connectivity index is 2.10. The molecular weight excluding hydrogens is 371 g/mol. The predicted octanol–water partition coefficient (Wildman–Crippen LogP) is 5.13. The Morgan fingerprint density at radius 1 is 1.18 bits per heavy atom. The summed E-state index contributed by atoms with van der Waals surface area (Å²) < 4.78 is 6.02. The van der Waals surface area contributed by atoms with Gasteiger partial charge in [0.2, 0.25) is 0 Å². The van der Waals surface area contributed by atoms with E-state index in [0.717, 1.165) is 9.59 Å². The number of hydrogen-bond donors (Lipinski definition) is 0. The summed E-state index contributed by atoms with van der Waals surface area (Å²) in [5, 5.41) is 0. The monoisotopic (exact) mass is 393 g/mol. The van der Waals surface area contributed by atoms with E-state index in [0.29, 0.717) is 0 Å². The third-order valence-electron chi connectivity index (χ3n) is 4.19. The molecular formula is C16H21Hf. The molecule has 1 atom stereocenters. The fraction of sp³-hybridized carbons (Fsp3) is 0.500. The van der Waals surface area contributed by atoms with Crippen LogP contribution in [0.3, 0.4) is 0 Å². The SMILES string of the molecule is CCC1=Cc2c(C3CC3)cccc2[CH]1[Hf]([CH3])[CH3]. The van der Waals surface area contributed by atoms with Crippen LogP contribution in [0.1, 0.15) is 52.5 Å². The normalized spacial score (nSPS) is 22.3. The minimum absolute atomic E-state index is 0.888. The van der Waals surface area contributed by atoms with E-state index >= 15 is 0 Å². The number of fused-ring (bicyclic) bond motifs is 1. The van der Waals surface area contributed by atoms with E-state index < -0.39 is 21.4 Å². The molecule has 0 saturated heterocycles. The van der Waals surface area contributed by atoms with E-state index in [9.17, 15) is 0 Å². The fourth-order valence-corrected chi connectivity index (χ4v) is 10.1. The molecule has 0 nitrogen and oxygen atoms in total. The molecule has 1 aromatic rings. The van der Waals surface area contributed by atoms with Crippen LogP contribution < -0.4 is 0 Å². The Hall–Kier alpha value is -0.170. The second-order valence-corrected chi connectivity index (χ2v) is 15.5. The molecule has 0 N–H and O–H groups in total. The molecule has 0 amide bonds. The third-order valence-corrected chi connectivity index (χ3v) is 10.8. The van der Waals surface area contributed by atoms with Gasteiger partial charge in [0.15, 0.2) is 0 Å². The fourth-order valence-electron chi connectivity index (χ4n) is 3.23. The van der Waals surface area contributed by atoms with E-state index in [4.69, 9.17) is 0 Å². The summed E-state index contributed by atoms with van der Waals surface area (Å²) in [7, 11) is 0. The van der Waals surface area contributed by atoms with Gasteiger partial charge in [-0.05, 0) is 0 Å². The third kappa shape index (κ3) is 2.01. The first-order chi connectivity index (χ1) is 8.22. The maximum absolute atomic E-state index is 2.57. The van der Waals surface area contributed by atoms with Gasteiger partial charge in [0.05, 0.1) is 0 Å². The molecule has 2 aliphatic carbocycles. The molecule has 3 rings (SSSR count). The second-order valence-electron chi connectivity index (χ2n) is 5.71. The summed E-state index contributed by atoms with van der Waals surface area (Å²) in [5.41, 5.74) is 6.71. The molecule has 17 heavy (non-hydrogen) atoms. The van der Waals surface area contributed by atoms with Crippen molar-refractivity contribution in [2.75, 3.05) is 0 Å². The summed E-state index contributed by atoms with van der Waals surface area (Å²) in [6.07, 6.45) is 6.63. The van der Waals surface area contributed by atoms with Gasteiger partial charge in [0, 0.05) is 0 Å². The van der Waals surface area contributed by atoms with Gasteiger partial charge >= 0.3 is 113 Å². The van der Waals surface area contributed by atoms with Crippen molar-refractivity contribution in [3.63, 3.8) is 0 Å². The van der Waals surface area contributed by atoms with Crippen LogP contribution in [0.2, 0.25) is 9.36 Å². The molecule has 0 spiro atoms. The van der Waals surface area contributed by atoms with Crippen molar-refractivity contribution < 1.29 is 21.4 Å². The first kappa shape index (κ1) is 11.9. The zero-order valence-corrected chi connectivity index (χ0v) is 14.7. The molecule has 0 heterocycles.